The number of anilines is 1. The van der Waals surface area contributed by atoms with Gasteiger partial charge in [0.05, 0.1) is 18.8 Å². The predicted molar refractivity (Wildman–Crippen MR) is 94.9 cm³/mol. The van der Waals surface area contributed by atoms with Gasteiger partial charge >= 0.3 is 0 Å². The fourth-order valence-electron chi connectivity index (χ4n) is 5.06. The van der Waals surface area contributed by atoms with E-state index < -0.39 is 0 Å². The van der Waals surface area contributed by atoms with Crippen LogP contribution in [-0.2, 0) is 4.79 Å². The number of rotatable bonds is 4. The number of nitrogens with one attached hydrogen (secondary N) is 1. The van der Waals surface area contributed by atoms with Gasteiger partial charge in [0, 0.05) is 12.6 Å². The summed E-state index contributed by atoms with van der Waals surface area (Å²) in [5.41, 5.74) is 0. The molecule has 5 heteroatoms. The highest BCUT2D eigenvalue weighted by Gasteiger charge is 2.31. The molecule has 1 amide bonds. The summed E-state index contributed by atoms with van der Waals surface area (Å²) in [6, 6.07) is 2.40. The molecule has 0 aromatic carbocycles. The Kier molecular flexibility index (Phi) is 4.88. The van der Waals surface area contributed by atoms with Crippen LogP contribution in [0.15, 0.2) is 12.3 Å². The summed E-state index contributed by atoms with van der Waals surface area (Å²) in [5.74, 6) is 2.73. The number of hydrogen-bond acceptors (Lipinski definition) is 3. The molecule has 132 valence electrons. The van der Waals surface area contributed by atoms with Crippen LogP contribution in [0.3, 0.4) is 0 Å². The number of carbonyl (C=O) groups is 1. The van der Waals surface area contributed by atoms with Gasteiger partial charge < -0.3 is 5.32 Å². The fourth-order valence-corrected chi connectivity index (χ4v) is 5.06. The highest BCUT2D eigenvalue weighted by Crippen LogP contribution is 2.36. The van der Waals surface area contributed by atoms with E-state index in [0.29, 0.717) is 12.6 Å². The van der Waals surface area contributed by atoms with Gasteiger partial charge in [-0.25, -0.2) is 4.68 Å². The molecule has 2 heterocycles. The van der Waals surface area contributed by atoms with Crippen molar-refractivity contribution in [3.05, 3.63) is 12.3 Å². The van der Waals surface area contributed by atoms with Crippen molar-refractivity contribution in [2.45, 2.75) is 63.8 Å². The number of nitrogens with zero attached hydrogens (tertiary/aromatic N) is 3. The van der Waals surface area contributed by atoms with Gasteiger partial charge in [0.15, 0.2) is 0 Å². The van der Waals surface area contributed by atoms with E-state index in [9.17, 15) is 4.79 Å². The Morgan fingerprint density at radius 3 is 2.67 bits per heavy atom. The van der Waals surface area contributed by atoms with Crippen LogP contribution in [0.25, 0.3) is 0 Å². The molecule has 0 bridgehead atoms. The molecule has 1 N–H and O–H groups in total. The smallest absolute Gasteiger partial charge is 0.239 e. The number of piperidine rings is 1. The summed E-state index contributed by atoms with van der Waals surface area (Å²) < 4.78 is 2.03. The second kappa shape index (κ2) is 7.26. The molecule has 0 radical (unpaired) electrons. The van der Waals surface area contributed by atoms with Crippen LogP contribution >= 0.6 is 0 Å². The minimum atomic E-state index is 0.115. The van der Waals surface area contributed by atoms with E-state index in [4.69, 9.17) is 0 Å². The first-order chi connectivity index (χ1) is 11.8. The molecular weight excluding hydrogens is 300 g/mol. The van der Waals surface area contributed by atoms with Crippen LogP contribution in [0.5, 0.6) is 0 Å². The van der Waals surface area contributed by atoms with Crippen molar-refractivity contribution in [2.24, 2.45) is 11.8 Å². The summed E-state index contributed by atoms with van der Waals surface area (Å²) in [5, 5.41) is 7.55. The summed E-state index contributed by atoms with van der Waals surface area (Å²) in [7, 11) is 0. The molecule has 4 rings (SSSR count). The van der Waals surface area contributed by atoms with Crippen LogP contribution in [0.2, 0.25) is 0 Å². The first-order valence-electron chi connectivity index (χ1n) is 9.85. The lowest BCUT2D eigenvalue weighted by molar-refractivity contribution is -0.118. The maximum Gasteiger partial charge on any atom is 0.239 e. The molecular formula is C19H30N4O. The number of aromatic nitrogens is 2. The molecule has 24 heavy (non-hydrogen) atoms. The Bertz CT molecular complexity index is 563. The molecule has 0 spiro atoms. The van der Waals surface area contributed by atoms with Crippen LogP contribution in [0.4, 0.5) is 5.82 Å². The molecule has 5 nitrogen and oxygen atoms in total. The van der Waals surface area contributed by atoms with Crippen molar-refractivity contribution < 1.29 is 4.79 Å². The van der Waals surface area contributed by atoms with E-state index in [1.807, 2.05) is 10.7 Å². The van der Waals surface area contributed by atoms with Crippen LogP contribution in [-0.4, -0.2) is 40.2 Å². The number of carbonyl (C=O) groups excluding carboxylic acids is 1. The fraction of sp³-hybridized carbons (Fsp3) is 0.789. The Morgan fingerprint density at radius 2 is 1.83 bits per heavy atom. The third-order valence-electron chi connectivity index (χ3n) is 6.35. The van der Waals surface area contributed by atoms with Gasteiger partial charge in [-0.05, 0) is 44.1 Å². The molecule has 1 saturated heterocycles. The predicted octanol–water partition coefficient (Wildman–Crippen LogP) is 3.45. The second-order valence-electron chi connectivity index (χ2n) is 7.98. The summed E-state index contributed by atoms with van der Waals surface area (Å²) in [6.45, 7) is 2.72. The third-order valence-corrected chi connectivity index (χ3v) is 6.35. The third kappa shape index (κ3) is 3.51. The van der Waals surface area contributed by atoms with Gasteiger partial charge in [-0.1, -0.05) is 32.1 Å². The molecule has 1 aromatic rings. The number of amides is 1. The molecule has 1 aromatic heterocycles. The normalized spacial score (nSPS) is 28.7. The van der Waals surface area contributed by atoms with Gasteiger partial charge in [-0.15, -0.1) is 0 Å². The van der Waals surface area contributed by atoms with Gasteiger partial charge in [0.2, 0.25) is 5.91 Å². The molecule has 2 atom stereocenters. The van der Waals surface area contributed by atoms with E-state index in [-0.39, 0.29) is 5.91 Å². The largest absolute Gasteiger partial charge is 0.310 e. The Balaban J connectivity index is 1.31. The van der Waals surface area contributed by atoms with Gasteiger partial charge in [0.1, 0.15) is 5.82 Å². The maximum atomic E-state index is 12.5. The second-order valence-corrected chi connectivity index (χ2v) is 7.98. The van der Waals surface area contributed by atoms with Crippen LogP contribution < -0.4 is 5.32 Å². The molecule has 2 saturated carbocycles. The number of hydrogen-bond donors (Lipinski definition) is 1. The van der Waals surface area contributed by atoms with E-state index >= 15 is 0 Å². The van der Waals surface area contributed by atoms with Gasteiger partial charge in [-0.2, -0.15) is 5.10 Å². The molecule has 1 aliphatic heterocycles. The van der Waals surface area contributed by atoms with Crippen molar-refractivity contribution in [3.63, 3.8) is 0 Å². The summed E-state index contributed by atoms with van der Waals surface area (Å²) >= 11 is 0. The van der Waals surface area contributed by atoms with Crippen molar-refractivity contribution in [3.8, 4) is 0 Å². The average Bonchev–Trinajstić information content (AvgIpc) is 3.25. The SMILES string of the molecule is O=C(CN1CC[C@H]2CCCC[C@@H]2C1)Nc1ccnn1C1CCCC1. The zero-order valence-corrected chi connectivity index (χ0v) is 14.6. The zero-order chi connectivity index (χ0) is 16.4. The maximum absolute atomic E-state index is 12.5. The molecule has 0 unspecified atom stereocenters. The van der Waals surface area contributed by atoms with Crippen LogP contribution in [0.1, 0.15) is 63.8 Å². The van der Waals surface area contributed by atoms with E-state index in [1.165, 1.54) is 57.8 Å². The van der Waals surface area contributed by atoms with E-state index in [1.54, 1.807) is 6.20 Å². The molecule has 3 fully saturated rings. The average molecular weight is 330 g/mol. The van der Waals surface area contributed by atoms with Crippen molar-refractivity contribution in [1.82, 2.24) is 14.7 Å². The van der Waals surface area contributed by atoms with Crippen LogP contribution in [0, 0.1) is 11.8 Å². The van der Waals surface area contributed by atoms with E-state index in [0.717, 1.165) is 30.7 Å². The lowest BCUT2D eigenvalue weighted by Gasteiger charge is -2.41. The monoisotopic (exact) mass is 330 g/mol. The highest BCUT2D eigenvalue weighted by atomic mass is 16.2. The van der Waals surface area contributed by atoms with Crippen molar-refractivity contribution in [1.29, 1.82) is 0 Å². The molecule has 3 aliphatic rings. The zero-order valence-electron chi connectivity index (χ0n) is 14.6. The lowest BCUT2D eigenvalue weighted by Crippen LogP contribution is -2.45. The van der Waals surface area contributed by atoms with E-state index in [2.05, 4.69) is 15.3 Å². The quantitative estimate of drug-likeness (QED) is 0.920. The lowest BCUT2D eigenvalue weighted by atomic mass is 9.75. The standard InChI is InChI=1S/C19H30N4O/c24-19(14-22-12-10-15-5-1-2-6-16(15)13-22)21-18-9-11-20-23(18)17-7-3-4-8-17/h9,11,15-17H,1-8,10,12-14H2,(H,21,24)/t15-,16-/m1/s1. The minimum Gasteiger partial charge on any atom is -0.310 e. The molecule has 2 aliphatic carbocycles. The number of fused-ring (bicyclic) bond motifs is 1. The highest BCUT2D eigenvalue weighted by molar-refractivity contribution is 5.91. The minimum absolute atomic E-state index is 0.115. The summed E-state index contributed by atoms with van der Waals surface area (Å²) in [4.78, 5) is 14.9. The Labute approximate surface area is 144 Å². The first-order valence-corrected chi connectivity index (χ1v) is 9.85. The van der Waals surface area contributed by atoms with Crippen molar-refractivity contribution >= 4 is 11.7 Å². The van der Waals surface area contributed by atoms with Gasteiger partial charge in [-0.3, -0.25) is 9.69 Å². The van der Waals surface area contributed by atoms with Gasteiger partial charge in [0.25, 0.3) is 0 Å². The Hall–Kier alpha value is -1.36. The first kappa shape index (κ1) is 16.1. The Morgan fingerprint density at radius 1 is 1.08 bits per heavy atom. The summed E-state index contributed by atoms with van der Waals surface area (Å²) in [6.07, 6.45) is 13.5. The number of likely N-dealkylation sites (tertiary alicyclic amines) is 1. The topological polar surface area (TPSA) is 50.2 Å². The van der Waals surface area contributed by atoms with Crippen molar-refractivity contribution in [2.75, 3.05) is 25.0 Å².